The molecule has 1 saturated heterocycles. The molecule has 0 bridgehead atoms. The Labute approximate surface area is 195 Å². The molecular formula is C25H20ClNO4S. The summed E-state index contributed by atoms with van der Waals surface area (Å²) in [5, 5.41) is 0.0880. The number of ether oxygens (including phenoxy) is 2. The molecular weight excluding hydrogens is 446 g/mol. The van der Waals surface area contributed by atoms with Crippen LogP contribution in [0.5, 0.6) is 11.5 Å². The van der Waals surface area contributed by atoms with Crippen LogP contribution in [-0.4, -0.2) is 18.3 Å². The van der Waals surface area contributed by atoms with E-state index in [9.17, 15) is 9.59 Å². The molecule has 7 heteroatoms. The Hall–Kier alpha value is -3.22. The second-order valence-corrected chi connectivity index (χ2v) is 8.61. The Kier molecular flexibility index (Phi) is 6.53. The number of rotatable bonds is 6. The number of hydrogen-bond donors (Lipinski definition) is 0. The number of carbonyl (C=O) groups excluding carboxylic acids is 2. The van der Waals surface area contributed by atoms with E-state index in [0.29, 0.717) is 33.7 Å². The summed E-state index contributed by atoms with van der Waals surface area (Å²) in [6.45, 7) is 2.45. The van der Waals surface area contributed by atoms with Crippen LogP contribution in [-0.2, 0) is 11.4 Å². The fourth-order valence-corrected chi connectivity index (χ4v) is 4.22. The number of halogens is 1. The summed E-state index contributed by atoms with van der Waals surface area (Å²) in [4.78, 5) is 26.8. The molecule has 1 aliphatic rings. The van der Waals surface area contributed by atoms with Gasteiger partial charge >= 0.3 is 0 Å². The van der Waals surface area contributed by atoms with Crippen molar-refractivity contribution in [2.45, 2.75) is 13.5 Å². The van der Waals surface area contributed by atoms with E-state index in [4.69, 9.17) is 21.1 Å². The van der Waals surface area contributed by atoms with Crippen LogP contribution in [0.3, 0.4) is 0 Å². The minimum atomic E-state index is -0.388. The van der Waals surface area contributed by atoms with Crippen molar-refractivity contribution in [1.82, 2.24) is 0 Å². The molecule has 0 saturated carbocycles. The molecule has 0 spiro atoms. The molecule has 0 aliphatic carbocycles. The number of anilines is 1. The van der Waals surface area contributed by atoms with Crippen LogP contribution >= 0.6 is 23.4 Å². The third kappa shape index (κ3) is 4.82. The molecule has 3 aromatic carbocycles. The minimum absolute atomic E-state index is 0.324. The number of nitrogens with zero attached hydrogens (tertiary/aromatic N) is 1. The van der Waals surface area contributed by atoms with E-state index in [2.05, 4.69) is 0 Å². The second kappa shape index (κ2) is 9.51. The number of hydrogen-bond acceptors (Lipinski definition) is 5. The van der Waals surface area contributed by atoms with Crippen LogP contribution in [0, 0.1) is 6.92 Å². The highest BCUT2D eigenvalue weighted by molar-refractivity contribution is 8.19. The van der Waals surface area contributed by atoms with E-state index in [-0.39, 0.29) is 11.1 Å². The topological polar surface area (TPSA) is 55.8 Å². The number of thioether (sulfide) groups is 1. The Morgan fingerprint density at radius 1 is 1.00 bits per heavy atom. The zero-order valence-electron chi connectivity index (χ0n) is 17.5. The van der Waals surface area contributed by atoms with Crippen LogP contribution in [0.25, 0.3) is 6.08 Å². The van der Waals surface area contributed by atoms with Gasteiger partial charge in [0.15, 0.2) is 11.5 Å². The smallest absolute Gasteiger partial charge is 0.298 e. The van der Waals surface area contributed by atoms with Crippen molar-refractivity contribution in [3.05, 3.63) is 93.3 Å². The standard InChI is InChI=1S/C25H20ClNO4S/c1-16-6-8-17(9-7-16)15-31-21-11-10-18(12-22(21)30-2)13-23-24(28)27(25(29)32-23)20-5-3-4-19(26)14-20/h3-14H,15H2,1-2H3/b23-13-. The van der Waals surface area contributed by atoms with Crippen molar-refractivity contribution in [2.24, 2.45) is 0 Å². The fraction of sp³-hybridized carbons (Fsp3) is 0.120. The maximum atomic E-state index is 12.9. The number of benzene rings is 3. The van der Waals surface area contributed by atoms with Gasteiger partial charge in [0.05, 0.1) is 17.7 Å². The summed E-state index contributed by atoms with van der Waals surface area (Å²) < 4.78 is 11.4. The zero-order valence-corrected chi connectivity index (χ0v) is 19.1. The lowest BCUT2D eigenvalue weighted by Gasteiger charge is -2.12. The van der Waals surface area contributed by atoms with Gasteiger partial charge in [0.25, 0.3) is 11.1 Å². The summed E-state index contributed by atoms with van der Waals surface area (Å²) in [5.41, 5.74) is 3.41. The van der Waals surface area contributed by atoms with Crippen LogP contribution in [0.4, 0.5) is 10.5 Å². The molecule has 0 atom stereocenters. The summed E-state index contributed by atoms with van der Waals surface area (Å²) >= 11 is 6.90. The van der Waals surface area contributed by atoms with Gasteiger partial charge in [0.1, 0.15) is 6.61 Å². The number of methoxy groups -OCH3 is 1. The summed E-state index contributed by atoms with van der Waals surface area (Å²) in [6, 6.07) is 20.2. The number of amides is 2. The molecule has 4 rings (SSSR count). The second-order valence-electron chi connectivity index (χ2n) is 7.18. The Morgan fingerprint density at radius 3 is 2.50 bits per heavy atom. The molecule has 2 amide bonds. The van der Waals surface area contributed by atoms with Gasteiger partial charge in [0, 0.05) is 5.02 Å². The van der Waals surface area contributed by atoms with Crippen LogP contribution < -0.4 is 14.4 Å². The highest BCUT2D eigenvalue weighted by Gasteiger charge is 2.36. The lowest BCUT2D eigenvalue weighted by atomic mass is 10.1. The van der Waals surface area contributed by atoms with Gasteiger partial charge in [-0.15, -0.1) is 0 Å². The first-order valence-electron chi connectivity index (χ1n) is 9.84. The maximum Gasteiger partial charge on any atom is 0.298 e. The van der Waals surface area contributed by atoms with Gasteiger partial charge in [-0.25, -0.2) is 4.90 Å². The van der Waals surface area contributed by atoms with Crippen molar-refractivity contribution in [1.29, 1.82) is 0 Å². The Balaban J connectivity index is 1.53. The molecule has 0 aromatic heterocycles. The molecule has 0 N–H and O–H groups in total. The highest BCUT2D eigenvalue weighted by atomic mass is 35.5. The molecule has 1 heterocycles. The predicted molar refractivity (Wildman–Crippen MR) is 128 cm³/mol. The third-order valence-corrected chi connectivity index (χ3v) is 5.97. The zero-order chi connectivity index (χ0) is 22.7. The third-order valence-electron chi connectivity index (χ3n) is 4.86. The minimum Gasteiger partial charge on any atom is -0.493 e. The normalized spacial score (nSPS) is 14.8. The van der Waals surface area contributed by atoms with Crippen LogP contribution in [0.1, 0.15) is 16.7 Å². The van der Waals surface area contributed by atoms with Gasteiger partial charge in [-0.1, -0.05) is 53.6 Å². The first kappa shape index (κ1) is 22.0. The molecule has 0 unspecified atom stereocenters. The number of imide groups is 1. The largest absolute Gasteiger partial charge is 0.493 e. The molecule has 3 aromatic rings. The van der Waals surface area contributed by atoms with Gasteiger partial charge < -0.3 is 9.47 Å². The van der Waals surface area contributed by atoms with Gasteiger partial charge in [0.2, 0.25) is 0 Å². The van der Waals surface area contributed by atoms with Crippen LogP contribution in [0.15, 0.2) is 71.6 Å². The van der Waals surface area contributed by atoms with E-state index >= 15 is 0 Å². The molecule has 0 radical (unpaired) electrons. The Bertz CT molecular complexity index is 1210. The van der Waals surface area contributed by atoms with E-state index < -0.39 is 0 Å². The van der Waals surface area contributed by atoms with Crippen molar-refractivity contribution in [2.75, 3.05) is 12.0 Å². The van der Waals surface area contributed by atoms with Crippen LogP contribution in [0.2, 0.25) is 5.02 Å². The molecule has 162 valence electrons. The van der Waals surface area contributed by atoms with E-state index in [1.807, 2.05) is 37.3 Å². The number of carbonyl (C=O) groups is 2. The lowest BCUT2D eigenvalue weighted by Crippen LogP contribution is -2.27. The molecule has 5 nitrogen and oxygen atoms in total. The fourth-order valence-electron chi connectivity index (χ4n) is 3.20. The summed E-state index contributed by atoms with van der Waals surface area (Å²) in [7, 11) is 1.56. The number of aryl methyl sites for hydroxylation is 1. The average Bonchev–Trinajstić information content (AvgIpc) is 3.06. The first-order chi connectivity index (χ1) is 15.4. The van der Waals surface area contributed by atoms with Crippen molar-refractivity contribution >= 4 is 46.3 Å². The maximum absolute atomic E-state index is 12.9. The summed E-state index contributed by atoms with van der Waals surface area (Å²) in [6.07, 6.45) is 1.67. The molecule has 1 aliphatic heterocycles. The van der Waals surface area contributed by atoms with Gasteiger partial charge in [-0.05, 0) is 66.2 Å². The quantitative estimate of drug-likeness (QED) is 0.390. The molecule has 32 heavy (non-hydrogen) atoms. The summed E-state index contributed by atoms with van der Waals surface area (Å²) in [5.74, 6) is 0.748. The van der Waals surface area contributed by atoms with Crippen molar-refractivity contribution in [3.63, 3.8) is 0 Å². The monoisotopic (exact) mass is 465 g/mol. The van der Waals surface area contributed by atoms with Gasteiger partial charge in [-0.2, -0.15) is 0 Å². The van der Waals surface area contributed by atoms with Gasteiger partial charge in [-0.3, -0.25) is 9.59 Å². The van der Waals surface area contributed by atoms with E-state index in [0.717, 1.165) is 27.8 Å². The molecule has 1 fully saturated rings. The van der Waals surface area contributed by atoms with E-state index in [1.165, 1.54) is 5.56 Å². The van der Waals surface area contributed by atoms with E-state index in [1.54, 1.807) is 49.6 Å². The lowest BCUT2D eigenvalue weighted by molar-refractivity contribution is -0.113. The van der Waals surface area contributed by atoms with Crippen molar-refractivity contribution < 1.29 is 19.1 Å². The first-order valence-corrected chi connectivity index (χ1v) is 11.0. The predicted octanol–water partition coefficient (Wildman–Crippen LogP) is 6.48. The average molecular weight is 466 g/mol. The van der Waals surface area contributed by atoms with Crippen molar-refractivity contribution in [3.8, 4) is 11.5 Å². The Morgan fingerprint density at radius 2 is 1.78 bits per heavy atom. The highest BCUT2D eigenvalue weighted by Crippen LogP contribution is 2.37. The SMILES string of the molecule is COc1cc(/C=C2\SC(=O)N(c3cccc(Cl)c3)C2=O)ccc1OCc1ccc(C)cc1.